The number of benzene rings is 1. The highest BCUT2D eigenvalue weighted by Gasteiger charge is 2.45. The van der Waals surface area contributed by atoms with Gasteiger partial charge in [-0.05, 0) is 62.3 Å². The number of amides is 3. The first kappa shape index (κ1) is 25.2. The molecular weight excluding hydrogens is 462 g/mol. The van der Waals surface area contributed by atoms with Gasteiger partial charge in [0.2, 0.25) is 11.8 Å². The standard InChI is InChI=1S/C25H35ClF2N4O2/c1-17-15-30(8-9-32(17)24(34)31-6-4-3-5-7-31)16-20-11-21(26)12-22(18(20)2)29-23(33)10-19-13-25(27,28)14-19/h11-12,17,19H,3-10,13-16H2,1-2H3,(H,29,33)/t17-/m0/s1. The maximum atomic E-state index is 13.1. The highest BCUT2D eigenvalue weighted by Crippen LogP contribution is 2.44. The van der Waals surface area contributed by atoms with Gasteiger partial charge in [-0.25, -0.2) is 13.6 Å². The minimum Gasteiger partial charge on any atom is -0.326 e. The molecule has 34 heavy (non-hydrogen) atoms. The van der Waals surface area contributed by atoms with Crippen molar-refractivity contribution in [1.29, 1.82) is 0 Å². The minimum atomic E-state index is -2.62. The molecule has 3 aliphatic rings. The molecule has 1 aromatic rings. The van der Waals surface area contributed by atoms with Crippen molar-refractivity contribution < 1.29 is 18.4 Å². The second kappa shape index (κ2) is 10.4. The summed E-state index contributed by atoms with van der Waals surface area (Å²) in [5.41, 5.74) is 2.57. The summed E-state index contributed by atoms with van der Waals surface area (Å²) in [6.45, 7) is 8.63. The molecule has 0 bridgehead atoms. The molecule has 0 spiro atoms. The summed E-state index contributed by atoms with van der Waals surface area (Å²) in [6, 6.07) is 3.89. The van der Waals surface area contributed by atoms with Crippen LogP contribution in [0.3, 0.4) is 0 Å². The van der Waals surface area contributed by atoms with Gasteiger partial charge < -0.3 is 15.1 Å². The number of carbonyl (C=O) groups excluding carboxylic acids is 2. The average Bonchev–Trinajstić information content (AvgIpc) is 2.76. The lowest BCUT2D eigenvalue weighted by Gasteiger charge is -2.42. The topological polar surface area (TPSA) is 55.9 Å². The number of hydrogen-bond acceptors (Lipinski definition) is 3. The van der Waals surface area contributed by atoms with E-state index in [2.05, 4.69) is 17.1 Å². The first-order chi connectivity index (χ1) is 16.1. The molecule has 1 aliphatic carbocycles. The number of alkyl halides is 2. The predicted octanol–water partition coefficient (Wildman–Crippen LogP) is 5.13. The van der Waals surface area contributed by atoms with E-state index in [0.29, 0.717) is 23.8 Å². The third-order valence-electron chi connectivity index (χ3n) is 7.38. The van der Waals surface area contributed by atoms with E-state index in [9.17, 15) is 18.4 Å². The Hall–Kier alpha value is -1.93. The molecule has 2 saturated heterocycles. The fourth-order valence-electron chi connectivity index (χ4n) is 5.39. The fourth-order valence-corrected chi connectivity index (χ4v) is 5.63. The van der Waals surface area contributed by atoms with Gasteiger partial charge in [0.1, 0.15) is 0 Å². The summed E-state index contributed by atoms with van der Waals surface area (Å²) in [5, 5.41) is 3.40. The smallest absolute Gasteiger partial charge is 0.320 e. The summed E-state index contributed by atoms with van der Waals surface area (Å²) >= 11 is 6.36. The lowest BCUT2D eigenvalue weighted by Crippen LogP contribution is -2.57. The van der Waals surface area contributed by atoms with E-state index in [-0.39, 0.29) is 43.2 Å². The second-order valence-electron chi connectivity index (χ2n) is 10.2. The van der Waals surface area contributed by atoms with E-state index in [1.165, 1.54) is 6.42 Å². The molecule has 1 aromatic carbocycles. The Bertz CT molecular complexity index is 914. The number of carbonyl (C=O) groups is 2. The molecule has 1 N–H and O–H groups in total. The average molecular weight is 497 g/mol. The van der Waals surface area contributed by atoms with E-state index >= 15 is 0 Å². The van der Waals surface area contributed by atoms with Crippen molar-refractivity contribution in [3.63, 3.8) is 0 Å². The van der Waals surface area contributed by atoms with Gasteiger partial charge in [0.15, 0.2) is 0 Å². The number of nitrogens with one attached hydrogen (secondary N) is 1. The third kappa shape index (κ3) is 6.00. The number of urea groups is 1. The monoisotopic (exact) mass is 496 g/mol. The Labute approximate surface area is 205 Å². The largest absolute Gasteiger partial charge is 0.326 e. The number of piperidine rings is 1. The van der Waals surface area contributed by atoms with E-state index in [1.54, 1.807) is 6.07 Å². The van der Waals surface area contributed by atoms with E-state index in [4.69, 9.17) is 11.6 Å². The van der Waals surface area contributed by atoms with Crippen molar-refractivity contribution >= 4 is 29.2 Å². The summed E-state index contributed by atoms with van der Waals surface area (Å²) in [6.07, 6.45) is 3.03. The van der Waals surface area contributed by atoms with E-state index < -0.39 is 5.92 Å². The van der Waals surface area contributed by atoms with Crippen LogP contribution >= 0.6 is 11.6 Å². The first-order valence-corrected chi connectivity index (χ1v) is 12.7. The zero-order chi connectivity index (χ0) is 24.5. The van der Waals surface area contributed by atoms with Gasteiger partial charge in [-0.3, -0.25) is 9.69 Å². The molecular formula is C25H35ClF2N4O2. The van der Waals surface area contributed by atoms with Gasteiger partial charge in [0.25, 0.3) is 0 Å². The molecule has 0 aromatic heterocycles. The van der Waals surface area contributed by atoms with Gasteiger partial charge in [-0.1, -0.05) is 11.6 Å². The molecule has 2 heterocycles. The Kier molecular flexibility index (Phi) is 7.67. The number of halogens is 3. The second-order valence-corrected chi connectivity index (χ2v) is 10.7. The zero-order valence-corrected chi connectivity index (χ0v) is 20.8. The predicted molar refractivity (Wildman–Crippen MR) is 129 cm³/mol. The van der Waals surface area contributed by atoms with Gasteiger partial charge >= 0.3 is 6.03 Å². The number of nitrogens with zero attached hydrogens (tertiary/aromatic N) is 3. The van der Waals surface area contributed by atoms with E-state index in [0.717, 1.165) is 50.1 Å². The third-order valence-corrected chi connectivity index (χ3v) is 7.60. The van der Waals surface area contributed by atoms with Crippen LogP contribution in [-0.4, -0.2) is 71.3 Å². The Morgan fingerprint density at radius 1 is 1.12 bits per heavy atom. The molecule has 1 atom stereocenters. The minimum absolute atomic E-state index is 0.0986. The number of hydrogen-bond donors (Lipinski definition) is 1. The van der Waals surface area contributed by atoms with E-state index in [1.807, 2.05) is 22.8 Å². The molecule has 0 radical (unpaired) electrons. The van der Waals surface area contributed by atoms with Crippen LogP contribution in [0.1, 0.15) is 56.6 Å². The molecule has 6 nitrogen and oxygen atoms in total. The number of piperazine rings is 1. The molecule has 3 fully saturated rings. The van der Waals surface area contributed by atoms with Crippen molar-refractivity contribution in [2.45, 2.75) is 70.9 Å². The highest BCUT2D eigenvalue weighted by molar-refractivity contribution is 6.31. The lowest BCUT2D eigenvalue weighted by molar-refractivity contribution is -0.129. The molecule has 188 valence electrons. The summed E-state index contributed by atoms with van der Waals surface area (Å²) in [5.74, 6) is -3.14. The van der Waals surface area contributed by atoms with Crippen molar-refractivity contribution in [3.05, 3.63) is 28.3 Å². The molecule has 0 unspecified atom stereocenters. The van der Waals surface area contributed by atoms with Crippen molar-refractivity contribution in [2.24, 2.45) is 5.92 Å². The maximum absolute atomic E-state index is 13.1. The summed E-state index contributed by atoms with van der Waals surface area (Å²) in [7, 11) is 0. The first-order valence-electron chi connectivity index (χ1n) is 12.4. The lowest BCUT2D eigenvalue weighted by atomic mass is 9.79. The summed E-state index contributed by atoms with van der Waals surface area (Å²) < 4.78 is 26.1. The number of rotatable bonds is 5. The van der Waals surface area contributed by atoms with Crippen LogP contribution in [0, 0.1) is 12.8 Å². The van der Waals surface area contributed by atoms with Crippen LogP contribution in [0.4, 0.5) is 19.3 Å². The number of anilines is 1. The molecule has 9 heteroatoms. The Balaban J connectivity index is 1.34. The maximum Gasteiger partial charge on any atom is 0.320 e. The normalized spacial score (nSPS) is 23.5. The van der Waals surface area contributed by atoms with Crippen LogP contribution in [0.15, 0.2) is 12.1 Å². The SMILES string of the molecule is Cc1c(CN2CCN(C(=O)N3CCCCC3)[C@@H](C)C2)cc(Cl)cc1NC(=O)CC1CC(F)(F)C1. The number of likely N-dealkylation sites (tertiary alicyclic amines) is 1. The van der Waals surface area contributed by atoms with Crippen LogP contribution in [-0.2, 0) is 11.3 Å². The quantitative estimate of drug-likeness (QED) is 0.614. The highest BCUT2D eigenvalue weighted by atomic mass is 35.5. The van der Waals surface area contributed by atoms with Crippen LogP contribution in [0.2, 0.25) is 5.02 Å². The molecule has 3 amide bonds. The van der Waals surface area contributed by atoms with Gasteiger partial charge in [0, 0.05) is 75.3 Å². The summed E-state index contributed by atoms with van der Waals surface area (Å²) in [4.78, 5) is 31.6. The van der Waals surface area contributed by atoms with Gasteiger partial charge in [-0.15, -0.1) is 0 Å². The van der Waals surface area contributed by atoms with Crippen LogP contribution < -0.4 is 5.32 Å². The molecule has 4 rings (SSSR count). The van der Waals surface area contributed by atoms with Gasteiger partial charge in [-0.2, -0.15) is 0 Å². The van der Waals surface area contributed by atoms with Crippen molar-refractivity contribution in [1.82, 2.24) is 14.7 Å². The van der Waals surface area contributed by atoms with Crippen LogP contribution in [0.5, 0.6) is 0 Å². The zero-order valence-electron chi connectivity index (χ0n) is 20.1. The fraction of sp³-hybridized carbons (Fsp3) is 0.680. The molecule has 1 saturated carbocycles. The van der Waals surface area contributed by atoms with Crippen molar-refractivity contribution in [3.8, 4) is 0 Å². The Morgan fingerprint density at radius 3 is 2.47 bits per heavy atom. The van der Waals surface area contributed by atoms with Crippen LogP contribution in [0.25, 0.3) is 0 Å². The van der Waals surface area contributed by atoms with Crippen molar-refractivity contribution in [2.75, 3.05) is 38.0 Å². The Morgan fingerprint density at radius 2 is 1.82 bits per heavy atom. The molecule has 2 aliphatic heterocycles. The van der Waals surface area contributed by atoms with Gasteiger partial charge in [0.05, 0.1) is 0 Å².